The third kappa shape index (κ3) is 2.56. The third-order valence-electron chi connectivity index (χ3n) is 2.64. The summed E-state index contributed by atoms with van der Waals surface area (Å²) in [5.41, 5.74) is 1.51. The first-order valence-corrected chi connectivity index (χ1v) is 5.70. The van der Waals surface area contributed by atoms with Crippen LogP contribution < -0.4 is 5.32 Å². The van der Waals surface area contributed by atoms with E-state index in [1.807, 2.05) is 6.92 Å². The highest BCUT2D eigenvalue weighted by Gasteiger charge is 2.09. The second kappa shape index (κ2) is 5.00. The zero-order valence-corrected chi connectivity index (χ0v) is 10.3. The molecule has 0 fully saturated rings. The molecule has 1 aromatic heterocycles. The lowest BCUT2D eigenvalue weighted by Gasteiger charge is -2.04. The van der Waals surface area contributed by atoms with Crippen molar-refractivity contribution >= 4 is 11.6 Å². The van der Waals surface area contributed by atoms with Crippen molar-refractivity contribution in [3.8, 4) is 0 Å². The Morgan fingerprint density at radius 1 is 1.50 bits per heavy atom. The van der Waals surface area contributed by atoms with E-state index in [-0.39, 0.29) is 11.7 Å². The zero-order valence-electron chi connectivity index (χ0n) is 10.3. The Bertz CT molecular complexity index is 577. The molecule has 0 unspecified atom stereocenters. The summed E-state index contributed by atoms with van der Waals surface area (Å²) in [5.74, 6) is -0.584. The van der Waals surface area contributed by atoms with Gasteiger partial charge in [-0.15, -0.1) is 0 Å². The fraction of sp³-hybridized carbons (Fsp3) is 0.231. The number of anilines is 1. The molecule has 1 N–H and O–H groups in total. The molecule has 0 spiro atoms. The molecule has 0 atom stereocenters. The highest BCUT2D eigenvalue weighted by Crippen LogP contribution is 2.12. The normalized spacial score (nSPS) is 10.4. The van der Waals surface area contributed by atoms with Crippen molar-refractivity contribution in [1.29, 1.82) is 0 Å². The van der Waals surface area contributed by atoms with Crippen LogP contribution in [0, 0.1) is 12.7 Å². The van der Waals surface area contributed by atoms with Crippen LogP contribution in [0.25, 0.3) is 0 Å². The van der Waals surface area contributed by atoms with Crippen molar-refractivity contribution in [2.45, 2.75) is 20.4 Å². The van der Waals surface area contributed by atoms with Gasteiger partial charge in [-0.05, 0) is 37.6 Å². The Balaban J connectivity index is 2.14. The van der Waals surface area contributed by atoms with Gasteiger partial charge in [-0.25, -0.2) is 4.39 Å². The largest absolute Gasteiger partial charge is 0.319 e. The third-order valence-corrected chi connectivity index (χ3v) is 2.64. The monoisotopic (exact) mass is 247 g/mol. The van der Waals surface area contributed by atoms with E-state index < -0.39 is 0 Å². The molecule has 1 amide bonds. The predicted molar refractivity (Wildman–Crippen MR) is 67.0 cm³/mol. The lowest BCUT2D eigenvalue weighted by Crippen LogP contribution is -2.11. The molecule has 0 aliphatic rings. The number of benzene rings is 1. The average Bonchev–Trinajstić information content (AvgIpc) is 2.80. The number of halogens is 1. The summed E-state index contributed by atoms with van der Waals surface area (Å²) in [7, 11) is 0. The maximum Gasteiger partial charge on any atom is 0.255 e. The molecule has 94 valence electrons. The lowest BCUT2D eigenvalue weighted by molar-refractivity contribution is 0.102. The van der Waals surface area contributed by atoms with Crippen LogP contribution in [0.5, 0.6) is 0 Å². The summed E-state index contributed by atoms with van der Waals surface area (Å²) in [4.78, 5) is 11.9. The topological polar surface area (TPSA) is 46.9 Å². The fourth-order valence-electron chi connectivity index (χ4n) is 1.59. The Hall–Kier alpha value is -2.17. The van der Waals surface area contributed by atoms with Crippen LogP contribution in [-0.4, -0.2) is 15.7 Å². The summed E-state index contributed by atoms with van der Waals surface area (Å²) >= 11 is 0. The number of aromatic nitrogens is 2. The number of carbonyl (C=O) groups is 1. The zero-order chi connectivity index (χ0) is 13.1. The summed E-state index contributed by atoms with van der Waals surface area (Å²) in [6, 6.07) is 4.27. The van der Waals surface area contributed by atoms with Gasteiger partial charge < -0.3 is 5.32 Å². The molecule has 1 heterocycles. The van der Waals surface area contributed by atoms with Crippen molar-refractivity contribution in [3.63, 3.8) is 0 Å². The molecule has 0 saturated heterocycles. The van der Waals surface area contributed by atoms with E-state index in [0.29, 0.717) is 16.8 Å². The molecule has 0 aliphatic carbocycles. The van der Waals surface area contributed by atoms with Gasteiger partial charge in [0.05, 0.1) is 11.9 Å². The van der Waals surface area contributed by atoms with E-state index in [2.05, 4.69) is 10.4 Å². The van der Waals surface area contributed by atoms with Crippen LogP contribution in [0.15, 0.2) is 30.6 Å². The highest BCUT2D eigenvalue weighted by atomic mass is 19.1. The van der Waals surface area contributed by atoms with Crippen molar-refractivity contribution in [2.24, 2.45) is 0 Å². The van der Waals surface area contributed by atoms with Gasteiger partial charge in [-0.3, -0.25) is 9.48 Å². The van der Waals surface area contributed by atoms with Crippen molar-refractivity contribution in [2.75, 3.05) is 5.32 Å². The van der Waals surface area contributed by atoms with E-state index in [9.17, 15) is 9.18 Å². The number of hydrogen-bond donors (Lipinski definition) is 1. The smallest absolute Gasteiger partial charge is 0.255 e. The molecule has 0 radical (unpaired) electrons. The Labute approximate surface area is 104 Å². The Morgan fingerprint density at radius 3 is 2.89 bits per heavy atom. The van der Waals surface area contributed by atoms with E-state index in [0.717, 1.165) is 6.54 Å². The Morgan fingerprint density at radius 2 is 2.28 bits per heavy atom. The maximum atomic E-state index is 13.1. The van der Waals surface area contributed by atoms with Gasteiger partial charge in [0.15, 0.2) is 0 Å². The first-order valence-electron chi connectivity index (χ1n) is 5.70. The number of nitrogens with zero attached hydrogens (tertiary/aromatic N) is 2. The number of rotatable bonds is 3. The summed E-state index contributed by atoms with van der Waals surface area (Å²) in [6.45, 7) is 4.33. The van der Waals surface area contributed by atoms with Crippen LogP contribution in [0.1, 0.15) is 22.8 Å². The van der Waals surface area contributed by atoms with Crippen LogP contribution >= 0.6 is 0 Å². The minimum Gasteiger partial charge on any atom is -0.319 e. The highest BCUT2D eigenvalue weighted by molar-refractivity contribution is 6.04. The van der Waals surface area contributed by atoms with Crippen molar-refractivity contribution in [3.05, 3.63) is 47.5 Å². The van der Waals surface area contributed by atoms with Gasteiger partial charge in [0.1, 0.15) is 5.82 Å². The molecule has 18 heavy (non-hydrogen) atoms. The van der Waals surface area contributed by atoms with E-state index in [1.54, 1.807) is 24.0 Å². The number of hydrogen-bond acceptors (Lipinski definition) is 2. The number of aryl methyl sites for hydroxylation is 2. The van der Waals surface area contributed by atoms with Crippen LogP contribution in [0.4, 0.5) is 10.1 Å². The second-order valence-electron chi connectivity index (χ2n) is 4.00. The van der Waals surface area contributed by atoms with E-state index in [1.165, 1.54) is 18.2 Å². The first kappa shape index (κ1) is 12.3. The van der Waals surface area contributed by atoms with Gasteiger partial charge in [0.25, 0.3) is 5.91 Å². The molecule has 0 saturated carbocycles. The minimum absolute atomic E-state index is 0.270. The standard InChI is InChI=1S/C13H14FN3O/c1-3-17-8-11(7-15-17)16-13(18)10-4-5-12(14)9(2)6-10/h4-8H,3H2,1-2H3,(H,16,18). The van der Waals surface area contributed by atoms with Gasteiger partial charge >= 0.3 is 0 Å². The molecule has 2 rings (SSSR count). The minimum atomic E-state index is -0.314. The van der Waals surface area contributed by atoms with Gasteiger partial charge in [0.2, 0.25) is 0 Å². The predicted octanol–water partition coefficient (Wildman–Crippen LogP) is 2.60. The molecule has 0 aliphatic heterocycles. The summed E-state index contributed by atoms with van der Waals surface area (Å²) in [6.07, 6.45) is 3.33. The molecule has 2 aromatic rings. The number of amides is 1. The molecular weight excluding hydrogens is 233 g/mol. The van der Waals surface area contributed by atoms with Crippen LogP contribution in [-0.2, 0) is 6.54 Å². The van der Waals surface area contributed by atoms with Crippen molar-refractivity contribution < 1.29 is 9.18 Å². The second-order valence-corrected chi connectivity index (χ2v) is 4.00. The fourth-order valence-corrected chi connectivity index (χ4v) is 1.59. The van der Waals surface area contributed by atoms with Crippen molar-refractivity contribution in [1.82, 2.24) is 9.78 Å². The SMILES string of the molecule is CCn1cc(NC(=O)c2ccc(F)c(C)c2)cn1. The average molecular weight is 247 g/mol. The van der Waals surface area contributed by atoms with Crippen LogP contribution in [0.3, 0.4) is 0 Å². The first-order chi connectivity index (χ1) is 8.60. The molecule has 5 heteroatoms. The summed E-state index contributed by atoms with van der Waals surface area (Å²) < 4.78 is 14.8. The molecule has 1 aromatic carbocycles. The molecule has 0 bridgehead atoms. The van der Waals surface area contributed by atoms with Gasteiger partial charge in [-0.1, -0.05) is 0 Å². The molecule has 4 nitrogen and oxygen atoms in total. The van der Waals surface area contributed by atoms with E-state index in [4.69, 9.17) is 0 Å². The number of nitrogens with one attached hydrogen (secondary N) is 1. The quantitative estimate of drug-likeness (QED) is 0.906. The Kier molecular flexibility index (Phi) is 3.41. The van der Waals surface area contributed by atoms with Crippen LogP contribution in [0.2, 0.25) is 0 Å². The van der Waals surface area contributed by atoms with Gasteiger partial charge in [0, 0.05) is 18.3 Å². The lowest BCUT2D eigenvalue weighted by atomic mass is 10.1. The number of carbonyl (C=O) groups excluding carboxylic acids is 1. The van der Waals surface area contributed by atoms with Gasteiger partial charge in [-0.2, -0.15) is 5.10 Å². The van der Waals surface area contributed by atoms with E-state index >= 15 is 0 Å². The molecular formula is C13H14FN3O. The summed E-state index contributed by atoms with van der Waals surface area (Å²) in [5, 5.41) is 6.77. The maximum absolute atomic E-state index is 13.1.